The lowest BCUT2D eigenvalue weighted by Gasteiger charge is -2.15. The van der Waals surface area contributed by atoms with Gasteiger partial charge in [-0.25, -0.2) is 4.39 Å². The predicted molar refractivity (Wildman–Crippen MR) is 91.1 cm³/mol. The number of hydrogen-bond acceptors (Lipinski definition) is 4. The van der Waals surface area contributed by atoms with Crippen LogP contribution in [0.3, 0.4) is 0 Å². The molecule has 0 radical (unpaired) electrons. The SMILES string of the molecule is O=C(NCc1ccc2c(c1)OCO2)C1(C(=O)Nc2cccc(F)c2)CC1. The van der Waals surface area contributed by atoms with E-state index in [1.54, 1.807) is 18.2 Å². The van der Waals surface area contributed by atoms with Gasteiger partial charge >= 0.3 is 0 Å². The van der Waals surface area contributed by atoms with Crippen LogP contribution in [-0.4, -0.2) is 18.6 Å². The van der Waals surface area contributed by atoms with E-state index in [4.69, 9.17) is 9.47 Å². The molecule has 2 aromatic rings. The molecule has 6 nitrogen and oxygen atoms in total. The van der Waals surface area contributed by atoms with Crippen molar-refractivity contribution in [2.24, 2.45) is 5.41 Å². The topological polar surface area (TPSA) is 76.7 Å². The van der Waals surface area contributed by atoms with Gasteiger partial charge in [0.05, 0.1) is 0 Å². The van der Waals surface area contributed by atoms with Crippen molar-refractivity contribution in [3.8, 4) is 11.5 Å². The molecule has 0 spiro atoms. The van der Waals surface area contributed by atoms with Gasteiger partial charge in [-0.2, -0.15) is 0 Å². The number of ether oxygens (including phenoxy) is 2. The van der Waals surface area contributed by atoms with E-state index in [-0.39, 0.29) is 19.2 Å². The predicted octanol–water partition coefficient (Wildman–Crippen LogP) is 2.59. The van der Waals surface area contributed by atoms with Crippen molar-refractivity contribution < 1.29 is 23.5 Å². The van der Waals surface area contributed by atoms with E-state index in [0.717, 1.165) is 5.56 Å². The van der Waals surface area contributed by atoms with Gasteiger partial charge in [0.2, 0.25) is 18.6 Å². The lowest BCUT2D eigenvalue weighted by Crippen LogP contribution is -2.39. The van der Waals surface area contributed by atoms with E-state index >= 15 is 0 Å². The minimum absolute atomic E-state index is 0.189. The Kier molecular flexibility index (Phi) is 3.99. The normalized spacial score (nSPS) is 16.0. The van der Waals surface area contributed by atoms with Crippen LogP contribution in [0.2, 0.25) is 0 Å². The van der Waals surface area contributed by atoms with Crippen LogP contribution in [0.15, 0.2) is 42.5 Å². The summed E-state index contributed by atoms with van der Waals surface area (Å²) in [5, 5.41) is 5.42. The molecule has 2 amide bonds. The molecule has 1 heterocycles. The minimum atomic E-state index is -1.08. The second kappa shape index (κ2) is 6.33. The molecule has 0 bridgehead atoms. The van der Waals surface area contributed by atoms with Crippen LogP contribution in [0.25, 0.3) is 0 Å². The number of hydrogen-bond donors (Lipinski definition) is 2. The summed E-state index contributed by atoms with van der Waals surface area (Å²) in [4.78, 5) is 25.0. The second-order valence-corrected chi connectivity index (χ2v) is 6.42. The van der Waals surface area contributed by atoms with Gasteiger partial charge in [0.15, 0.2) is 11.5 Å². The molecule has 26 heavy (non-hydrogen) atoms. The smallest absolute Gasteiger partial charge is 0.240 e. The summed E-state index contributed by atoms with van der Waals surface area (Å²) in [6, 6.07) is 11.0. The highest BCUT2D eigenvalue weighted by molar-refractivity contribution is 6.13. The first kappa shape index (κ1) is 16.4. The van der Waals surface area contributed by atoms with Gasteiger partial charge in [-0.3, -0.25) is 9.59 Å². The monoisotopic (exact) mass is 356 g/mol. The Morgan fingerprint density at radius 2 is 1.85 bits per heavy atom. The van der Waals surface area contributed by atoms with Gasteiger partial charge in [-0.05, 0) is 48.7 Å². The number of carbonyl (C=O) groups excluding carboxylic acids is 2. The molecule has 2 N–H and O–H groups in total. The van der Waals surface area contributed by atoms with Crippen LogP contribution in [0.5, 0.6) is 11.5 Å². The van der Waals surface area contributed by atoms with Crippen LogP contribution >= 0.6 is 0 Å². The maximum Gasteiger partial charge on any atom is 0.240 e. The number of carbonyl (C=O) groups is 2. The molecule has 0 atom stereocenters. The Morgan fingerprint density at radius 1 is 1.04 bits per heavy atom. The number of halogens is 1. The summed E-state index contributed by atoms with van der Waals surface area (Å²) in [6.07, 6.45) is 0.947. The maximum atomic E-state index is 13.2. The molecule has 1 fully saturated rings. The standard InChI is InChI=1S/C19H17FN2O4/c20-13-2-1-3-14(9-13)22-18(24)19(6-7-19)17(23)21-10-12-4-5-15-16(8-12)26-11-25-15/h1-5,8-9H,6-7,10-11H2,(H,21,23)(H,22,24). The summed E-state index contributed by atoms with van der Waals surface area (Å²) in [5.74, 6) is 0.130. The Hall–Kier alpha value is -3.09. The van der Waals surface area contributed by atoms with Crippen LogP contribution in [0.1, 0.15) is 18.4 Å². The first-order chi connectivity index (χ1) is 12.6. The number of benzene rings is 2. The van der Waals surface area contributed by atoms with Crippen molar-refractivity contribution in [3.05, 3.63) is 53.8 Å². The van der Waals surface area contributed by atoms with E-state index in [1.807, 2.05) is 6.07 Å². The zero-order chi connectivity index (χ0) is 18.1. The molecule has 0 saturated heterocycles. The molecular formula is C19H17FN2O4. The van der Waals surface area contributed by atoms with Crippen LogP contribution in [-0.2, 0) is 16.1 Å². The van der Waals surface area contributed by atoms with Gasteiger partial charge in [-0.1, -0.05) is 12.1 Å². The zero-order valence-electron chi connectivity index (χ0n) is 13.9. The van der Waals surface area contributed by atoms with Crippen LogP contribution in [0, 0.1) is 11.2 Å². The molecular weight excluding hydrogens is 339 g/mol. The van der Waals surface area contributed by atoms with E-state index in [1.165, 1.54) is 18.2 Å². The number of rotatable bonds is 5. The number of anilines is 1. The van der Waals surface area contributed by atoms with Crippen molar-refractivity contribution in [2.45, 2.75) is 19.4 Å². The summed E-state index contributed by atoms with van der Waals surface area (Å²) in [7, 11) is 0. The molecule has 0 aromatic heterocycles. The lowest BCUT2D eigenvalue weighted by atomic mass is 10.0. The Morgan fingerprint density at radius 3 is 2.62 bits per heavy atom. The Bertz CT molecular complexity index is 880. The first-order valence-corrected chi connectivity index (χ1v) is 8.31. The fourth-order valence-corrected chi connectivity index (χ4v) is 2.90. The zero-order valence-corrected chi connectivity index (χ0v) is 13.9. The quantitative estimate of drug-likeness (QED) is 0.808. The third kappa shape index (κ3) is 3.08. The van der Waals surface area contributed by atoms with Gasteiger partial charge in [-0.15, -0.1) is 0 Å². The molecule has 4 rings (SSSR count). The van der Waals surface area contributed by atoms with E-state index in [0.29, 0.717) is 30.0 Å². The van der Waals surface area contributed by atoms with E-state index < -0.39 is 17.1 Å². The molecule has 134 valence electrons. The van der Waals surface area contributed by atoms with Crippen molar-refractivity contribution in [2.75, 3.05) is 12.1 Å². The second-order valence-electron chi connectivity index (χ2n) is 6.42. The summed E-state index contributed by atoms with van der Waals surface area (Å²) < 4.78 is 23.8. The third-order valence-electron chi connectivity index (χ3n) is 4.59. The lowest BCUT2D eigenvalue weighted by molar-refractivity contribution is -0.134. The molecule has 1 saturated carbocycles. The van der Waals surface area contributed by atoms with E-state index in [9.17, 15) is 14.0 Å². The highest BCUT2D eigenvalue weighted by Gasteiger charge is 2.56. The van der Waals surface area contributed by atoms with Crippen LogP contribution in [0.4, 0.5) is 10.1 Å². The number of nitrogens with one attached hydrogen (secondary N) is 2. The maximum absolute atomic E-state index is 13.2. The Labute approximate surface area is 149 Å². The Balaban J connectivity index is 1.38. The van der Waals surface area contributed by atoms with Crippen molar-refractivity contribution >= 4 is 17.5 Å². The fraction of sp³-hybridized carbons (Fsp3) is 0.263. The van der Waals surface area contributed by atoms with Crippen molar-refractivity contribution in [1.82, 2.24) is 5.32 Å². The van der Waals surface area contributed by atoms with Gasteiger partial charge in [0.25, 0.3) is 0 Å². The summed E-state index contributed by atoms with van der Waals surface area (Å²) >= 11 is 0. The number of fused-ring (bicyclic) bond motifs is 1. The van der Waals surface area contributed by atoms with E-state index in [2.05, 4.69) is 10.6 Å². The van der Waals surface area contributed by atoms with Crippen LogP contribution < -0.4 is 20.1 Å². The van der Waals surface area contributed by atoms with Gasteiger partial charge in [0, 0.05) is 12.2 Å². The minimum Gasteiger partial charge on any atom is -0.454 e. The van der Waals surface area contributed by atoms with Gasteiger partial charge in [0.1, 0.15) is 11.2 Å². The summed E-state index contributed by atoms with van der Waals surface area (Å²) in [6.45, 7) is 0.471. The molecule has 7 heteroatoms. The first-order valence-electron chi connectivity index (χ1n) is 8.31. The average Bonchev–Trinajstić information content (AvgIpc) is 3.31. The number of amides is 2. The molecule has 2 aromatic carbocycles. The third-order valence-corrected chi connectivity index (χ3v) is 4.59. The van der Waals surface area contributed by atoms with Crippen molar-refractivity contribution in [1.29, 1.82) is 0 Å². The molecule has 0 unspecified atom stereocenters. The van der Waals surface area contributed by atoms with Gasteiger partial charge < -0.3 is 20.1 Å². The summed E-state index contributed by atoms with van der Waals surface area (Å²) in [5.41, 5.74) is 0.108. The average molecular weight is 356 g/mol. The molecule has 1 aliphatic carbocycles. The molecule has 1 aliphatic heterocycles. The largest absolute Gasteiger partial charge is 0.454 e. The highest BCUT2D eigenvalue weighted by atomic mass is 19.1. The van der Waals surface area contributed by atoms with Crippen molar-refractivity contribution in [3.63, 3.8) is 0 Å². The fourth-order valence-electron chi connectivity index (χ4n) is 2.90. The highest BCUT2D eigenvalue weighted by Crippen LogP contribution is 2.47. The molecule has 2 aliphatic rings.